The number of amides is 1. The highest BCUT2D eigenvalue weighted by atomic mass is 16.5. The molecule has 4 rings (SSSR count). The van der Waals surface area contributed by atoms with Crippen LogP contribution in [0.4, 0.5) is 5.69 Å². The molecule has 1 N–H and O–H groups in total. The summed E-state index contributed by atoms with van der Waals surface area (Å²) in [4.78, 5) is 25.5. The lowest BCUT2D eigenvalue weighted by Crippen LogP contribution is -2.15. The first kappa shape index (κ1) is 24.6. The van der Waals surface area contributed by atoms with Gasteiger partial charge in [-0.25, -0.2) is 4.79 Å². The summed E-state index contributed by atoms with van der Waals surface area (Å²) in [6.07, 6.45) is 0. The Morgan fingerprint density at radius 1 is 0.833 bits per heavy atom. The van der Waals surface area contributed by atoms with Crippen molar-refractivity contribution in [3.63, 3.8) is 0 Å². The molecule has 4 aromatic rings. The van der Waals surface area contributed by atoms with Gasteiger partial charge in [-0.15, -0.1) is 0 Å². The molecule has 4 aromatic carbocycles. The van der Waals surface area contributed by atoms with Crippen molar-refractivity contribution >= 4 is 28.3 Å². The molecule has 0 aliphatic heterocycles. The van der Waals surface area contributed by atoms with Crippen LogP contribution in [-0.2, 0) is 4.74 Å². The Hall–Kier alpha value is -4.52. The molecule has 0 heterocycles. The van der Waals surface area contributed by atoms with Crippen LogP contribution in [0.15, 0.2) is 72.8 Å². The molecule has 0 saturated carbocycles. The van der Waals surface area contributed by atoms with Crippen molar-refractivity contribution in [1.29, 1.82) is 0 Å². The van der Waals surface area contributed by atoms with Gasteiger partial charge in [-0.3, -0.25) is 4.79 Å². The van der Waals surface area contributed by atoms with Gasteiger partial charge in [0, 0.05) is 5.56 Å². The van der Waals surface area contributed by atoms with Crippen LogP contribution in [0.25, 0.3) is 21.9 Å². The molecule has 36 heavy (non-hydrogen) atoms. The number of esters is 1. The molecule has 0 atom stereocenters. The number of carbonyl (C=O) groups is 2. The molecular weight excluding hydrogens is 458 g/mol. The minimum absolute atomic E-state index is 0.271. The van der Waals surface area contributed by atoms with Crippen LogP contribution in [0, 0.1) is 0 Å². The molecule has 0 bridgehead atoms. The van der Waals surface area contributed by atoms with E-state index in [9.17, 15) is 9.59 Å². The van der Waals surface area contributed by atoms with Crippen molar-refractivity contribution in [3.8, 4) is 28.4 Å². The van der Waals surface area contributed by atoms with Gasteiger partial charge in [0.15, 0.2) is 11.5 Å². The number of hydrogen-bond donors (Lipinski definition) is 1. The van der Waals surface area contributed by atoms with E-state index in [2.05, 4.69) is 5.32 Å². The summed E-state index contributed by atoms with van der Waals surface area (Å²) in [5.74, 6) is 1.00. The zero-order valence-electron chi connectivity index (χ0n) is 20.6. The molecule has 0 unspecified atom stereocenters. The van der Waals surface area contributed by atoms with Gasteiger partial charge in [-0.2, -0.15) is 0 Å². The Labute approximate surface area is 209 Å². The number of fused-ring (bicyclic) bond motifs is 1. The van der Waals surface area contributed by atoms with Crippen LogP contribution in [0.3, 0.4) is 0 Å². The molecule has 1 amide bonds. The molecule has 0 spiro atoms. The Morgan fingerprint density at radius 3 is 2.19 bits per heavy atom. The van der Waals surface area contributed by atoms with E-state index >= 15 is 0 Å². The summed E-state index contributed by atoms with van der Waals surface area (Å²) in [5.41, 5.74) is 2.79. The average Bonchev–Trinajstić information content (AvgIpc) is 2.92. The highest BCUT2D eigenvalue weighted by molar-refractivity contribution is 6.12. The number of anilines is 1. The molecule has 0 aliphatic carbocycles. The topological polar surface area (TPSA) is 83.1 Å². The lowest BCUT2D eigenvalue weighted by atomic mass is 9.94. The van der Waals surface area contributed by atoms with E-state index in [0.717, 1.165) is 27.6 Å². The fourth-order valence-corrected chi connectivity index (χ4v) is 4.03. The number of rotatable bonds is 8. The first-order valence-electron chi connectivity index (χ1n) is 11.4. The van der Waals surface area contributed by atoms with Crippen LogP contribution in [0.2, 0.25) is 0 Å². The van der Waals surface area contributed by atoms with Crippen molar-refractivity contribution in [2.45, 2.75) is 6.92 Å². The van der Waals surface area contributed by atoms with Gasteiger partial charge < -0.3 is 24.3 Å². The zero-order valence-corrected chi connectivity index (χ0v) is 20.6. The van der Waals surface area contributed by atoms with Crippen LogP contribution in [0.5, 0.6) is 17.2 Å². The van der Waals surface area contributed by atoms with Gasteiger partial charge in [0.1, 0.15) is 5.75 Å². The van der Waals surface area contributed by atoms with Gasteiger partial charge in [-0.05, 0) is 77.4 Å². The number of nitrogens with one attached hydrogen (secondary N) is 1. The minimum atomic E-state index is -0.531. The van der Waals surface area contributed by atoms with E-state index in [4.69, 9.17) is 18.9 Å². The first-order chi connectivity index (χ1) is 17.5. The van der Waals surface area contributed by atoms with Crippen molar-refractivity contribution in [1.82, 2.24) is 0 Å². The molecule has 184 valence electrons. The second kappa shape index (κ2) is 10.8. The summed E-state index contributed by atoms with van der Waals surface area (Å²) in [6, 6.07) is 21.7. The summed E-state index contributed by atoms with van der Waals surface area (Å²) in [6.45, 7) is 2.50. The van der Waals surface area contributed by atoms with Crippen LogP contribution >= 0.6 is 0 Å². The number of benzene rings is 4. The van der Waals surface area contributed by atoms with Crippen LogP contribution < -0.4 is 19.5 Å². The molecule has 0 saturated heterocycles. The third kappa shape index (κ3) is 4.95. The van der Waals surface area contributed by atoms with E-state index in [-0.39, 0.29) is 11.5 Å². The van der Waals surface area contributed by atoms with Crippen LogP contribution in [0.1, 0.15) is 27.6 Å². The van der Waals surface area contributed by atoms with Gasteiger partial charge in [0.05, 0.1) is 39.2 Å². The maximum absolute atomic E-state index is 13.4. The summed E-state index contributed by atoms with van der Waals surface area (Å²) >= 11 is 0. The Kier molecular flexibility index (Phi) is 7.39. The van der Waals surface area contributed by atoms with Crippen molar-refractivity contribution < 1.29 is 28.5 Å². The largest absolute Gasteiger partial charge is 0.494 e. The zero-order chi connectivity index (χ0) is 25.7. The maximum atomic E-state index is 13.4. The SMILES string of the molecule is CCOc1ccc(-c2cc(C(=O)Nc3ccccc3C(=O)OC)cc3cc(OC)c(OC)cc23)cc1. The lowest BCUT2D eigenvalue weighted by Gasteiger charge is -2.15. The predicted molar refractivity (Wildman–Crippen MR) is 139 cm³/mol. The molecule has 0 fully saturated rings. The Bertz CT molecular complexity index is 1410. The fraction of sp³-hybridized carbons (Fsp3) is 0.172. The number of hydrogen-bond acceptors (Lipinski definition) is 6. The first-order valence-corrected chi connectivity index (χ1v) is 11.4. The highest BCUT2D eigenvalue weighted by Crippen LogP contribution is 2.38. The molecule has 0 aliphatic rings. The molecular formula is C29H27NO6. The minimum Gasteiger partial charge on any atom is -0.494 e. The van der Waals surface area contributed by atoms with Crippen molar-refractivity contribution in [2.75, 3.05) is 33.3 Å². The summed E-state index contributed by atoms with van der Waals surface area (Å²) in [7, 11) is 4.45. The number of ether oxygens (including phenoxy) is 4. The average molecular weight is 486 g/mol. The molecule has 7 nitrogen and oxygen atoms in total. The van der Waals surface area contributed by atoms with Gasteiger partial charge in [0.2, 0.25) is 0 Å². The van der Waals surface area contributed by atoms with E-state index in [1.807, 2.05) is 49.4 Å². The third-order valence-electron chi connectivity index (χ3n) is 5.78. The van der Waals surface area contributed by atoms with E-state index in [1.165, 1.54) is 7.11 Å². The van der Waals surface area contributed by atoms with E-state index in [1.54, 1.807) is 44.6 Å². The normalized spacial score (nSPS) is 10.6. The molecule has 0 aromatic heterocycles. The smallest absolute Gasteiger partial charge is 0.339 e. The van der Waals surface area contributed by atoms with E-state index < -0.39 is 5.97 Å². The quantitative estimate of drug-likeness (QED) is 0.310. The summed E-state index contributed by atoms with van der Waals surface area (Å²) < 4.78 is 21.4. The van der Waals surface area contributed by atoms with Gasteiger partial charge >= 0.3 is 5.97 Å². The van der Waals surface area contributed by atoms with Gasteiger partial charge in [0.25, 0.3) is 5.91 Å². The van der Waals surface area contributed by atoms with Crippen molar-refractivity contribution in [2.24, 2.45) is 0 Å². The van der Waals surface area contributed by atoms with Gasteiger partial charge in [-0.1, -0.05) is 24.3 Å². The fourth-order valence-electron chi connectivity index (χ4n) is 4.03. The number of para-hydroxylation sites is 1. The highest BCUT2D eigenvalue weighted by Gasteiger charge is 2.18. The molecule has 7 heteroatoms. The third-order valence-corrected chi connectivity index (χ3v) is 5.78. The maximum Gasteiger partial charge on any atom is 0.339 e. The number of carbonyl (C=O) groups excluding carboxylic acids is 2. The number of methoxy groups -OCH3 is 3. The Morgan fingerprint density at radius 2 is 1.53 bits per heavy atom. The monoisotopic (exact) mass is 485 g/mol. The second-order valence-electron chi connectivity index (χ2n) is 7.90. The summed E-state index contributed by atoms with van der Waals surface area (Å²) in [5, 5.41) is 4.54. The molecule has 0 radical (unpaired) electrons. The van der Waals surface area contributed by atoms with E-state index in [0.29, 0.717) is 29.4 Å². The van der Waals surface area contributed by atoms with Crippen LogP contribution in [-0.4, -0.2) is 39.8 Å². The lowest BCUT2D eigenvalue weighted by molar-refractivity contribution is 0.0602. The predicted octanol–water partition coefficient (Wildman–Crippen LogP) is 5.96. The Balaban J connectivity index is 1.84. The van der Waals surface area contributed by atoms with Crippen molar-refractivity contribution in [3.05, 3.63) is 83.9 Å². The second-order valence-corrected chi connectivity index (χ2v) is 7.90. The standard InChI is InChI=1S/C29H27NO6/c1-5-36-21-12-10-18(11-13-21)23-15-20(14-19-16-26(33-2)27(34-3)17-24(19)23)28(31)30-25-9-7-6-8-22(25)29(32)35-4/h6-17H,5H2,1-4H3,(H,30,31).